The quantitative estimate of drug-likeness (QED) is 0.703. The molecule has 1 rings (SSSR count). The van der Waals surface area contributed by atoms with Crippen molar-refractivity contribution in [1.29, 1.82) is 0 Å². The molecule has 0 fully saturated rings. The molecule has 0 aliphatic rings. The van der Waals surface area contributed by atoms with Gasteiger partial charge in [0.15, 0.2) is 0 Å². The minimum atomic E-state index is -1.11. The van der Waals surface area contributed by atoms with Crippen LogP contribution < -0.4 is 4.74 Å². The van der Waals surface area contributed by atoms with E-state index in [1.165, 1.54) is 5.56 Å². The van der Waals surface area contributed by atoms with Crippen LogP contribution in [0, 0.1) is 6.92 Å². The Bertz CT molecular complexity index is 297. The van der Waals surface area contributed by atoms with Crippen molar-refractivity contribution in [2.75, 3.05) is 7.11 Å². The van der Waals surface area contributed by atoms with Crippen molar-refractivity contribution in [2.24, 2.45) is 0 Å². The first-order valence-corrected chi connectivity index (χ1v) is 8.97. The van der Waals surface area contributed by atoms with Crippen molar-refractivity contribution in [3.05, 3.63) is 36.8 Å². The van der Waals surface area contributed by atoms with E-state index in [2.05, 4.69) is 38.7 Å². The van der Waals surface area contributed by atoms with Crippen LogP contribution in [0.25, 0.3) is 0 Å². The van der Waals surface area contributed by atoms with E-state index in [1.807, 2.05) is 12.1 Å². The summed E-state index contributed by atoms with van der Waals surface area (Å²) in [5.41, 5.74) is 1.93. The average molecular weight is 221 g/mol. The van der Waals surface area contributed by atoms with E-state index in [1.54, 1.807) is 7.11 Å². The van der Waals surface area contributed by atoms with Crippen molar-refractivity contribution in [1.82, 2.24) is 0 Å². The third kappa shape index (κ3) is 3.71. The van der Waals surface area contributed by atoms with E-state index in [4.69, 9.17) is 4.74 Å². The largest absolute Gasteiger partial charge is 0.497 e. The zero-order chi connectivity index (χ0) is 11.5. The lowest BCUT2D eigenvalue weighted by Gasteiger charge is -2.25. The Morgan fingerprint density at radius 3 is 2.13 bits per heavy atom. The van der Waals surface area contributed by atoms with Gasteiger partial charge in [0.2, 0.25) is 0 Å². The van der Waals surface area contributed by atoms with E-state index in [-0.39, 0.29) is 0 Å². The second kappa shape index (κ2) is 4.84. The molecule has 1 unspecified atom stereocenters. The fourth-order valence-electron chi connectivity index (χ4n) is 1.35. The fraction of sp³-hybridized carbons (Fsp3) is 0.462. The van der Waals surface area contributed by atoms with E-state index >= 15 is 0 Å². The standard InChI is InChI=1S/C13H21OSi/c1-11(15(3,4)5)10-12-6-8-13(14-2)9-7-12/h6-9,11H,1,10H2,2-5H3. The zero-order valence-corrected chi connectivity index (χ0v) is 11.2. The van der Waals surface area contributed by atoms with Crippen LogP contribution in [0.1, 0.15) is 5.56 Å². The highest BCUT2D eigenvalue weighted by Crippen LogP contribution is 2.25. The molecule has 15 heavy (non-hydrogen) atoms. The van der Waals surface area contributed by atoms with Crippen LogP contribution in [0.4, 0.5) is 0 Å². The molecule has 0 heterocycles. The summed E-state index contributed by atoms with van der Waals surface area (Å²) in [4.78, 5) is 0. The second-order valence-electron chi connectivity index (χ2n) is 5.12. The van der Waals surface area contributed by atoms with Gasteiger partial charge in [-0.15, -0.1) is 0 Å². The van der Waals surface area contributed by atoms with Crippen LogP contribution in [0.5, 0.6) is 5.75 Å². The Kier molecular flexibility index (Phi) is 3.97. The molecule has 83 valence electrons. The van der Waals surface area contributed by atoms with Gasteiger partial charge in [-0.25, -0.2) is 0 Å². The predicted octanol–water partition coefficient (Wildman–Crippen LogP) is 3.78. The third-order valence-electron chi connectivity index (χ3n) is 2.87. The molecule has 1 nitrogen and oxygen atoms in total. The summed E-state index contributed by atoms with van der Waals surface area (Å²) in [5, 5.41) is 0. The van der Waals surface area contributed by atoms with E-state index < -0.39 is 8.07 Å². The molecule has 1 radical (unpaired) electrons. The lowest BCUT2D eigenvalue weighted by molar-refractivity contribution is 0.414. The van der Waals surface area contributed by atoms with Crippen LogP contribution in [0.3, 0.4) is 0 Å². The number of methoxy groups -OCH3 is 1. The van der Waals surface area contributed by atoms with Gasteiger partial charge in [-0.3, -0.25) is 0 Å². The molecule has 0 N–H and O–H groups in total. The van der Waals surface area contributed by atoms with Gasteiger partial charge in [0.1, 0.15) is 5.75 Å². The summed E-state index contributed by atoms with van der Waals surface area (Å²) in [6.07, 6.45) is 1.08. The number of hydrogen-bond acceptors (Lipinski definition) is 1. The molecule has 1 aromatic carbocycles. The summed E-state index contributed by atoms with van der Waals surface area (Å²) in [6, 6.07) is 8.31. The Labute approximate surface area is 94.5 Å². The minimum absolute atomic E-state index is 0.575. The second-order valence-corrected chi connectivity index (χ2v) is 10.7. The minimum Gasteiger partial charge on any atom is -0.497 e. The molecule has 0 aromatic heterocycles. The highest BCUT2D eigenvalue weighted by atomic mass is 28.3. The first-order valence-electron chi connectivity index (χ1n) is 5.39. The molecule has 1 atom stereocenters. The summed E-state index contributed by atoms with van der Waals surface area (Å²) < 4.78 is 5.13. The first-order chi connectivity index (χ1) is 6.93. The Morgan fingerprint density at radius 2 is 1.73 bits per heavy atom. The molecule has 0 amide bonds. The number of rotatable bonds is 4. The van der Waals surface area contributed by atoms with Gasteiger partial charge in [-0.2, -0.15) is 0 Å². The van der Waals surface area contributed by atoms with Gasteiger partial charge in [0.25, 0.3) is 0 Å². The normalized spacial score (nSPS) is 13.7. The molecule has 0 saturated carbocycles. The Hall–Kier alpha value is -0.763. The van der Waals surface area contributed by atoms with Gasteiger partial charge in [-0.1, -0.05) is 38.7 Å². The van der Waals surface area contributed by atoms with Gasteiger partial charge in [0, 0.05) is 8.07 Å². The summed E-state index contributed by atoms with van der Waals surface area (Å²) in [5.74, 6) is 0.923. The summed E-state index contributed by atoms with van der Waals surface area (Å²) in [7, 11) is 0.588. The first kappa shape index (κ1) is 12.3. The molecule has 0 aliphatic carbocycles. The van der Waals surface area contributed by atoms with Crippen LogP contribution in [-0.4, -0.2) is 15.2 Å². The molecular weight excluding hydrogens is 200 g/mol. The van der Waals surface area contributed by atoms with E-state index in [9.17, 15) is 0 Å². The number of benzene rings is 1. The van der Waals surface area contributed by atoms with Crippen molar-refractivity contribution < 1.29 is 4.74 Å². The molecule has 0 aliphatic heterocycles. The predicted molar refractivity (Wildman–Crippen MR) is 69.2 cm³/mol. The number of ether oxygens (including phenoxy) is 1. The third-order valence-corrected chi connectivity index (χ3v) is 5.52. The van der Waals surface area contributed by atoms with Gasteiger partial charge < -0.3 is 4.74 Å². The maximum atomic E-state index is 5.13. The highest BCUT2D eigenvalue weighted by Gasteiger charge is 2.22. The SMILES string of the molecule is [CH2]C(Cc1ccc(OC)cc1)[Si](C)(C)C. The lowest BCUT2D eigenvalue weighted by atomic mass is 10.1. The molecule has 2 heteroatoms. The molecule has 0 spiro atoms. The van der Waals surface area contributed by atoms with Crippen LogP contribution in [-0.2, 0) is 6.42 Å². The van der Waals surface area contributed by atoms with E-state index in [0.29, 0.717) is 5.54 Å². The van der Waals surface area contributed by atoms with E-state index in [0.717, 1.165) is 12.2 Å². The molecular formula is C13H21OSi. The summed E-state index contributed by atoms with van der Waals surface area (Å²) >= 11 is 0. The van der Waals surface area contributed by atoms with Crippen molar-refractivity contribution >= 4 is 8.07 Å². The van der Waals surface area contributed by atoms with Gasteiger partial charge in [0.05, 0.1) is 7.11 Å². The molecule has 1 aromatic rings. The summed E-state index contributed by atoms with van der Waals surface area (Å²) in [6.45, 7) is 11.4. The van der Waals surface area contributed by atoms with Crippen LogP contribution >= 0.6 is 0 Å². The maximum absolute atomic E-state index is 5.13. The van der Waals surface area contributed by atoms with Crippen LogP contribution in [0.2, 0.25) is 25.2 Å². The fourth-order valence-corrected chi connectivity index (χ4v) is 2.20. The monoisotopic (exact) mass is 221 g/mol. The van der Waals surface area contributed by atoms with Crippen LogP contribution in [0.15, 0.2) is 24.3 Å². The smallest absolute Gasteiger partial charge is 0.118 e. The van der Waals surface area contributed by atoms with Crippen molar-refractivity contribution in [3.8, 4) is 5.75 Å². The van der Waals surface area contributed by atoms with Gasteiger partial charge >= 0.3 is 0 Å². The number of hydrogen-bond donors (Lipinski definition) is 0. The molecule has 0 saturated heterocycles. The lowest BCUT2D eigenvalue weighted by Crippen LogP contribution is -2.27. The van der Waals surface area contributed by atoms with Gasteiger partial charge in [-0.05, 0) is 29.7 Å². The van der Waals surface area contributed by atoms with Crippen molar-refractivity contribution in [2.45, 2.75) is 31.6 Å². The topological polar surface area (TPSA) is 9.23 Å². The Balaban J connectivity index is 2.65. The molecule has 0 bridgehead atoms. The zero-order valence-electron chi connectivity index (χ0n) is 10.2. The maximum Gasteiger partial charge on any atom is 0.118 e. The highest BCUT2D eigenvalue weighted by molar-refractivity contribution is 6.77. The Morgan fingerprint density at radius 1 is 1.20 bits per heavy atom. The average Bonchev–Trinajstić information content (AvgIpc) is 2.17. The van der Waals surface area contributed by atoms with Crippen molar-refractivity contribution in [3.63, 3.8) is 0 Å².